The number of amides is 1. The summed E-state index contributed by atoms with van der Waals surface area (Å²) in [5.74, 6) is -0.899. The first-order valence-corrected chi connectivity index (χ1v) is 9.53. The molecule has 0 saturated heterocycles. The van der Waals surface area contributed by atoms with Crippen molar-refractivity contribution in [2.75, 3.05) is 16.7 Å². The summed E-state index contributed by atoms with van der Waals surface area (Å²) in [5, 5.41) is 2.62. The van der Waals surface area contributed by atoms with Crippen LogP contribution in [0.2, 0.25) is 0 Å². The van der Waals surface area contributed by atoms with Crippen LogP contribution in [0.15, 0.2) is 83.8 Å². The van der Waals surface area contributed by atoms with Crippen LogP contribution in [0.5, 0.6) is 0 Å². The Kier molecular flexibility index (Phi) is 5.23. The molecule has 0 aromatic heterocycles. The topological polar surface area (TPSA) is 66.5 Å². The van der Waals surface area contributed by atoms with E-state index in [1.54, 1.807) is 42.5 Å². The molecule has 0 fully saturated rings. The summed E-state index contributed by atoms with van der Waals surface area (Å²) in [6.45, 7) is 0. The minimum Gasteiger partial charge on any atom is -0.322 e. The van der Waals surface area contributed by atoms with Crippen LogP contribution in [-0.2, 0) is 10.0 Å². The minimum atomic E-state index is -3.79. The highest BCUT2D eigenvalue weighted by atomic mass is 32.2. The Bertz CT molecular complexity index is 1050. The molecule has 0 unspecified atom stereocenters. The van der Waals surface area contributed by atoms with Gasteiger partial charge in [0.05, 0.1) is 10.6 Å². The third kappa shape index (κ3) is 4.15. The van der Waals surface area contributed by atoms with Gasteiger partial charge in [0.2, 0.25) is 0 Å². The smallest absolute Gasteiger partial charge is 0.264 e. The number of hydrogen-bond acceptors (Lipinski definition) is 3. The van der Waals surface area contributed by atoms with Gasteiger partial charge in [-0.1, -0.05) is 24.3 Å². The van der Waals surface area contributed by atoms with Crippen molar-refractivity contribution in [3.8, 4) is 0 Å². The number of halogens is 1. The van der Waals surface area contributed by atoms with Gasteiger partial charge in [0.15, 0.2) is 0 Å². The third-order valence-electron chi connectivity index (χ3n) is 3.98. The molecule has 0 aliphatic carbocycles. The second kappa shape index (κ2) is 7.59. The number of rotatable bonds is 5. The summed E-state index contributed by atoms with van der Waals surface area (Å²) in [4.78, 5) is 12.3. The number of anilines is 2. The molecule has 7 heteroatoms. The van der Waals surface area contributed by atoms with E-state index in [0.29, 0.717) is 11.4 Å². The molecular weight excluding hydrogens is 367 g/mol. The molecule has 0 bridgehead atoms. The number of carbonyl (C=O) groups excluding carboxylic acids is 1. The Morgan fingerprint density at radius 2 is 1.59 bits per heavy atom. The Hall–Kier alpha value is -3.19. The highest BCUT2D eigenvalue weighted by Gasteiger charge is 2.21. The minimum absolute atomic E-state index is 0.0470. The van der Waals surface area contributed by atoms with Gasteiger partial charge in [-0.05, 0) is 54.6 Å². The summed E-state index contributed by atoms with van der Waals surface area (Å²) >= 11 is 0. The molecule has 0 heterocycles. The lowest BCUT2D eigenvalue weighted by Gasteiger charge is -2.19. The largest absolute Gasteiger partial charge is 0.322 e. The molecule has 3 aromatic carbocycles. The average molecular weight is 384 g/mol. The monoisotopic (exact) mass is 384 g/mol. The van der Waals surface area contributed by atoms with E-state index in [2.05, 4.69) is 5.32 Å². The van der Waals surface area contributed by atoms with E-state index < -0.39 is 21.7 Å². The third-order valence-corrected chi connectivity index (χ3v) is 5.76. The van der Waals surface area contributed by atoms with Crippen LogP contribution in [0.1, 0.15) is 10.4 Å². The summed E-state index contributed by atoms with van der Waals surface area (Å²) in [7, 11) is -2.32. The zero-order chi connectivity index (χ0) is 19.4. The molecule has 1 amide bonds. The maximum Gasteiger partial charge on any atom is 0.264 e. The number of sulfonamides is 1. The van der Waals surface area contributed by atoms with Crippen LogP contribution in [0, 0.1) is 5.82 Å². The molecule has 3 aromatic rings. The second-order valence-electron chi connectivity index (χ2n) is 5.80. The Morgan fingerprint density at radius 3 is 2.26 bits per heavy atom. The maximum absolute atomic E-state index is 13.0. The van der Waals surface area contributed by atoms with Crippen molar-refractivity contribution in [3.63, 3.8) is 0 Å². The molecule has 0 radical (unpaired) electrons. The van der Waals surface area contributed by atoms with Gasteiger partial charge in [0.1, 0.15) is 5.82 Å². The average Bonchev–Trinajstić information content (AvgIpc) is 2.68. The predicted molar refractivity (Wildman–Crippen MR) is 103 cm³/mol. The highest BCUT2D eigenvalue weighted by Crippen LogP contribution is 2.24. The van der Waals surface area contributed by atoms with Gasteiger partial charge in [-0.2, -0.15) is 0 Å². The molecule has 27 heavy (non-hydrogen) atoms. The number of hydrogen-bond donors (Lipinski definition) is 1. The predicted octanol–water partition coefficient (Wildman–Crippen LogP) is 3.90. The van der Waals surface area contributed by atoms with Crippen molar-refractivity contribution in [3.05, 3.63) is 90.2 Å². The number of benzene rings is 3. The normalized spacial score (nSPS) is 11.0. The van der Waals surface area contributed by atoms with E-state index in [1.807, 2.05) is 0 Å². The summed E-state index contributed by atoms with van der Waals surface area (Å²) in [5.41, 5.74) is 1.12. The molecule has 0 atom stereocenters. The first kappa shape index (κ1) is 18.6. The Morgan fingerprint density at radius 1 is 0.926 bits per heavy atom. The molecule has 0 aliphatic rings. The Balaban J connectivity index is 1.84. The highest BCUT2D eigenvalue weighted by molar-refractivity contribution is 7.92. The summed E-state index contributed by atoms with van der Waals surface area (Å²) < 4.78 is 39.8. The number of para-hydroxylation sites is 1. The quantitative estimate of drug-likeness (QED) is 0.725. The first-order chi connectivity index (χ1) is 12.9. The van der Waals surface area contributed by atoms with Crippen LogP contribution < -0.4 is 9.62 Å². The summed E-state index contributed by atoms with van der Waals surface area (Å²) in [6.07, 6.45) is 0. The van der Waals surface area contributed by atoms with E-state index in [-0.39, 0.29) is 10.5 Å². The van der Waals surface area contributed by atoms with Crippen molar-refractivity contribution >= 4 is 27.3 Å². The molecule has 1 N–H and O–H groups in total. The zero-order valence-corrected chi connectivity index (χ0v) is 15.3. The van der Waals surface area contributed by atoms with Crippen LogP contribution in [0.4, 0.5) is 15.8 Å². The fourth-order valence-electron chi connectivity index (χ4n) is 2.47. The van der Waals surface area contributed by atoms with Crippen molar-refractivity contribution in [2.24, 2.45) is 0 Å². The molecule has 0 saturated carbocycles. The Labute approximate surface area is 157 Å². The fourth-order valence-corrected chi connectivity index (χ4v) is 3.72. The lowest BCUT2D eigenvalue weighted by molar-refractivity contribution is 0.102. The van der Waals surface area contributed by atoms with Gasteiger partial charge < -0.3 is 5.32 Å². The van der Waals surface area contributed by atoms with Gasteiger partial charge in [-0.25, -0.2) is 12.8 Å². The van der Waals surface area contributed by atoms with Gasteiger partial charge in [-0.3, -0.25) is 9.10 Å². The van der Waals surface area contributed by atoms with Crippen LogP contribution in [0.3, 0.4) is 0 Å². The molecule has 138 valence electrons. The number of nitrogens with zero attached hydrogens (tertiary/aromatic N) is 1. The number of carbonyl (C=O) groups is 1. The van der Waals surface area contributed by atoms with Gasteiger partial charge in [0, 0.05) is 18.3 Å². The van der Waals surface area contributed by atoms with Crippen molar-refractivity contribution in [1.82, 2.24) is 0 Å². The van der Waals surface area contributed by atoms with Crippen LogP contribution in [-0.4, -0.2) is 21.4 Å². The SMILES string of the molecule is CN(c1ccccc1)S(=O)(=O)c1cccc(NC(=O)c2ccc(F)cc2)c1. The van der Waals surface area contributed by atoms with E-state index in [9.17, 15) is 17.6 Å². The van der Waals surface area contributed by atoms with Gasteiger partial charge in [-0.15, -0.1) is 0 Å². The molecule has 5 nitrogen and oxygen atoms in total. The zero-order valence-electron chi connectivity index (χ0n) is 14.5. The maximum atomic E-state index is 13.0. The molecular formula is C20H17FN2O3S. The van der Waals surface area contributed by atoms with Gasteiger partial charge in [0.25, 0.3) is 15.9 Å². The van der Waals surface area contributed by atoms with E-state index >= 15 is 0 Å². The first-order valence-electron chi connectivity index (χ1n) is 8.09. The second-order valence-corrected chi connectivity index (χ2v) is 7.77. The van der Waals surface area contributed by atoms with Crippen molar-refractivity contribution < 1.29 is 17.6 Å². The van der Waals surface area contributed by atoms with Crippen molar-refractivity contribution in [2.45, 2.75) is 4.90 Å². The molecule has 0 spiro atoms. The lowest BCUT2D eigenvalue weighted by atomic mass is 10.2. The van der Waals surface area contributed by atoms with Crippen LogP contribution >= 0.6 is 0 Å². The molecule has 3 rings (SSSR count). The summed E-state index contributed by atoms with van der Waals surface area (Å²) in [6, 6.07) is 19.7. The number of nitrogens with one attached hydrogen (secondary N) is 1. The standard InChI is InChI=1S/C20H17FN2O3S/c1-23(18-7-3-2-4-8-18)27(25,26)19-9-5-6-17(14-19)22-20(24)15-10-12-16(21)13-11-15/h2-14H,1H3,(H,22,24). The molecule has 0 aliphatic heterocycles. The van der Waals surface area contributed by atoms with E-state index in [0.717, 1.165) is 0 Å². The van der Waals surface area contributed by atoms with E-state index in [1.165, 1.54) is 47.8 Å². The van der Waals surface area contributed by atoms with E-state index in [4.69, 9.17) is 0 Å². The van der Waals surface area contributed by atoms with Crippen molar-refractivity contribution in [1.29, 1.82) is 0 Å². The fraction of sp³-hybridized carbons (Fsp3) is 0.0500. The van der Waals surface area contributed by atoms with Gasteiger partial charge >= 0.3 is 0 Å². The lowest BCUT2D eigenvalue weighted by Crippen LogP contribution is -2.26. The van der Waals surface area contributed by atoms with Crippen LogP contribution in [0.25, 0.3) is 0 Å².